The Hall–Kier alpha value is -4.82. The van der Waals surface area contributed by atoms with E-state index in [0.29, 0.717) is 46.1 Å². The van der Waals surface area contributed by atoms with Crippen LogP contribution >= 0.6 is 0 Å². The molecular formula is C49H64F4O25S2-2. The minimum atomic E-state index is -6.10. The first-order chi connectivity index (χ1) is 36.8. The summed E-state index contributed by atoms with van der Waals surface area (Å²) < 4.78 is 178. The maximum Gasteiger partial charge on any atom is 0.369 e. The van der Waals surface area contributed by atoms with E-state index in [1.807, 2.05) is 34.6 Å². The van der Waals surface area contributed by atoms with Gasteiger partial charge in [0.25, 0.3) is 0 Å². The maximum absolute atomic E-state index is 13.6. The van der Waals surface area contributed by atoms with Crippen molar-refractivity contribution in [1.82, 2.24) is 0 Å². The normalized spacial score (nSPS) is 31.5. The zero-order valence-electron chi connectivity index (χ0n) is 44.8. The monoisotopic (exact) mass is 1190 g/mol. The number of carbonyl (C=O) groups excluding carboxylic acids is 8. The molecule has 6 saturated heterocycles. The van der Waals surface area contributed by atoms with Crippen LogP contribution in [-0.4, -0.2) is 170 Å². The van der Waals surface area contributed by atoms with Crippen molar-refractivity contribution in [2.75, 3.05) is 13.7 Å². The molecule has 0 amide bonds. The third-order valence-electron chi connectivity index (χ3n) is 16.7. The second-order valence-corrected chi connectivity index (χ2v) is 26.0. The number of esters is 8. The molecule has 0 spiro atoms. The number of carbonyl (C=O) groups is 8. The summed E-state index contributed by atoms with van der Waals surface area (Å²) in [7, 11) is -10.6. The van der Waals surface area contributed by atoms with Gasteiger partial charge in [-0.2, -0.15) is 17.6 Å². The van der Waals surface area contributed by atoms with Crippen LogP contribution in [0.1, 0.15) is 126 Å². The first-order valence-electron chi connectivity index (χ1n) is 26.0. The first kappa shape index (κ1) is 62.8. The van der Waals surface area contributed by atoms with Crippen molar-refractivity contribution < 1.29 is 134 Å². The van der Waals surface area contributed by atoms with Crippen LogP contribution in [0.2, 0.25) is 0 Å². The number of fused-ring (bicyclic) bond motifs is 2. The molecule has 2 aliphatic carbocycles. The Bertz CT molecular complexity index is 2680. The van der Waals surface area contributed by atoms with Gasteiger partial charge in [-0.25, -0.2) is 16.8 Å². The summed E-state index contributed by atoms with van der Waals surface area (Å²) in [6, 6.07) is 0. The summed E-state index contributed by atoms with van der Waals surface area (Å²) in [6.45, 7) is 11.2. The van der Waals surface area contributed by atoms with Crippen LogP contribution in [0.25, 0.3) is 0 Å². The quantitative estimate of drug-likeness (QED) is 0.0690. The molecule has 31 heteroatoms. The zero-order valence-corrected chi connectivity index (χ0v) is 46.4. The van der Waals surface area contributed by atoms with Gasteiger partial charge in [0.15, 0.2) is 56.9 Å². The second-order valence-electron chi connectivity index (χ2n) is 23.1. The Morgan fingerprint density at radius 3 is 1.25 bits per heavy atom. The van der Waals surface area contributed by atoms with Crippen molar-refractivity contribution in [3.63, 3.8) is 0 Å². The third kappa shape index (κ3) is 11.6. The van der Waals surface area contributed by atoms with Gasteiger partial charge in [-0.3, -0.25) is 38.4 Å². The van der Waals surface area contributed by atoms with Gasteiger partial charge in [0, 0.05) is 17.9 Å². The molecule has 0 aromatic carbocycles. The van der Waals surface area contributed by atoms with Crippen LogP contribution in [-0.2, 0) is 111 Å². The van der Waals surface area contributed by atoms with Crippen LogP contribution in [0.4, 0.5) is 17.6 Å². The van der Waals surface area contributed by atoms with Gasteiger partial charge in [-0.1, -0.05) is 34.6 Å². The molecule has 0 aromatic rings. The van der Waals surface area contributed by atoms with Crippen molar-refractivity contribution in [3.05, 3.63) is 0 Å². The molecule has 14 unspecified atom stereocenters. The van der Waals surface area contributed by atoms with Gasteiger partial charge in [-0.05, 0) is 65.2 Å². The predicted molar refractivity (Wildman–Crippen MR) is 249 cm³/mol. The molecule has 6 aliphatic heterocycles. The Balaban J connectivity index is 0.000000231. The predicted octanol–water partition coefficient (Wildman–Crippen LogP) is 2.80. The van der Waals surface area contributed by atoms with Crippen molar-refractivity contribution in [2.45, 2.75) is 208 Å². The smallest absolute Gasteiger partial charge is 0.369 e. The van der Waals surface area contributed by atoms with E-state index < -0.39 is 206 Å². The molecule has 452 valence electrons. The van der Waals surface area contributed by atoms with Crippen LogP contribution in [0.15, 0.2) is 0 Å². The largest absolute Gasteiger partial charge is 0.743 e. The number of halogens is 4. The van der Waals surface area contributed by atoms with Crippen LogP contribution < -0.4 is 0 Å². The molecule has 8 rings (SSSR count). The molecule has 80 heavy (non-hydrogen) atoms. The van der Waals surface area contributed by atoms with E-state index >= 15 is 0 Å². The van der Waals surface area contributed by atoms with Crippen molar-refractivity contribution in [1.29, 1.82) is 0 Å². The lowest BCUT2D eigenvalue weighted by atomic mass is 9.73. The molecule has 0 N–H and O–H groups in total. The molecule has 8 fully saturated rings. The van der Waals surface area contributed by atoms with E-state index in [-0.39, 0.29) is 5.41 Å². The summed E-state index contributed by atoms with van der Waals surface area (Å²) >= 11 is 0. The van der Waals surface area contributed by atoms with Gasteiger partial charge in [0.1, 0.15) is 59.3 Å². The van der Waals surface area contributed by atoms with Gasteiger partial charge < -0.3 is 61.2 Å². The fourth-order valence-corrected chi connectivity index (χ4v) is 13.1. The lowest BCUT2D eigenvalue weighted by Gasteiger charge is -2.44. The molecule has 4 bridgehead atoms. The van der Waals surface area contributed by atoms with Gasteiger partial charge in [-0.15, -0.1) is 0 Å². The molecule has 0 aromatic heterocycles. The number of ether oxygens (including phenoxy) is 11. The highest BCUT2D eigenvalue weighted by Gasteiger charge is 2.74. The Morgan fingerprint density at radius 2 is 0.912 bits per heavy atom. The van der Waals surface area contributed by atoms with E-state index in [0.717, 1.165) is 25.7 Å². The average molecular weight is 1190 g/mol. The molecule has 0 radical (unpaired) electrons. The minimum Gasteiger partial charge on any atom is -0.743 e. The van der Waals surface area contributed by atoms with E-state index in [1.165, 1.54) is 0 Å². The molecule has 14 atom stereocenters. The highest BCUT2D eigenvalue weighted by atomic mass is 32.2. The summed E-state index contributed by atoms with van der Waals surface area (Å²) in [5, 5.41) is -9.73. The zero-order chi connectivity index (χ0) is 59.7. The summed E-state index contributed by atoms with van der Waals surface area (Å²) in [5.41, 5.74) is -2.46. The van der Waals surface area contributed by atoms with E-state index in [9.17, 15) is 81.9 Å². The van der Waals surface area contributed by atoms with Crippen LogP contribution in [0.5, 0.6) is 0 Å². The molecular weight excluding hydrogens is 1130 g/mol. The third-order valence-corrected chi connectivity index (χ3v) is 18.7. The number of hydrogen-bond donors (Lipinski definition) is 0. The topological polar surface area (TPSA) is 352 Å². The van der Waals surface area contributed by atoms with Crippen LogP contribution in [0, 0.1) is 34.5 Å². The summed E-state index contributed by atoms with van der Waals surface area (Å²) in [4.78, 5) is 101. The SMILES string of the molecule is CC(OC(=O)CCC(=O)OC1C2OC(=O)C3C2OC1C3C(=O)OC1(C(C)(C)C)CCCC1)C(F)(F)S(=O)(=O)[O-].COCC(C)(C)C1(OC(=O)C2C3OC4C(OC(=O)C42)C3OC(=O)CCC(=O)OC(C)C(F)(F)S(=O)(=O)[O-])CCCC1. The molecule has 8 aliphatic rings. The van der Waals surface area contributed by atoms with Gasteiger partial charge >= 0.3 is 58.3 Å². The van der Waals surface area contributed by atoms with Crippen LogP contribution in [0.3, 0.4) is 0 Å². The van der Waals surface area contributed by atoms with Crippen molar-refractivity contribution in [3.8, 4) is 0 Å². The molecule has 6 heterocycles. The highest BCUT2D eigenvalue weighted by Crippen LogP contribution is 2.56. The second kappa shape index (κ2) is 22.4. The summed E-state index contributed by atoms with van der Waals surface area (Å²) in [5.74, 6) is -11.5. The fourth-order valence-electron chi connectivity index (χ4n) is 12.2. The average Bonchev–Trinajstić information content (AvgIpc) is 4.22. The number of rotatable bonds is 21. The van der Waals surface area contributed by atoms with Gasteiger partial charge in [0.05, 0.1) is 32.3 Å². The lowest BCUT2D eigenvalue weighted by Crippen LogP contribution is -2.53. The number of hydrogen-bond acceptors (Lipinski definition) is 25. The Kier molecular flexibility index (Phi) is 17.6. The minimum absolute atomic E-state index is 0.326. The summed E-state index contributed by atoms with van der Waals surface area (Å²) in [6.07, 6.45) is -10.1. The van der Waals surface area contributed by atoms with E-state index in [4.69, 9.17) is 42.6 Å². The molecule has 25 nitrogen and oxygen atoms in total. The highest BCUT2D eigenvalue weighted by molar-refractivity contribution is 7.87. The first-order valence-corrected chi connectivity index (χ1v) is 28.8. The van der Waals surface area contributed by atoms with Crippen molar-refractivity contribution in [2.24, 2.45) is 34.5 Å². The van der Waals surface area contributed by atoms with Gasteiger partial charge in [0.2, 0.25) is 0 Å². The Labute approximate surface area is 457 Å². The van der Waals surface area contributed by atoms with E-state index in [2.05, 4.69) is 9.47 Å². The number of methoxy groups -OCH3 is 1. The standard InChI is InChI=1S/C25H34F2O13S.C24H32F2O12S/c1-12(25(26,27)41(32,33)34)36-13(28)7-8-14(29)37-19-18-16(15-17(38-18)20(19)39-21(15)30)22(31)40-24(9-5-6-10-24)23(2,3)11-35-4;1-11(24(25,26)39(31,32)33)34-12(27)7-8-13(28)35-18-17-15(14-16(36-17)19(18)37-20(14)29)21(30)38-23(22(2,3)4)9-5-6-10-23/h12,15-20H,5-11H2,1-4H3,(H,32,33,34);11,14-19H,5-10H2,1-4H3,(H,31,32,33)/p-2. The number of alkyl halides is 4. The Morgan fingerprint density at radius 1 is 0.575 bits per heavy atom. The lowest BCUT2D eigenvalue weighted by molar-refractivity contribution is -0.189. The molecule has 2 saturated carbocycles. The van der Waals surface area contributed by atoms with E-state index in [1.54, 1.807) is 7.11 Å². The maximum atomic E-state index is 13.6. The van der Waals surface area contributed by atoms with Crippen molar-refractivity contribution >= 4 is 68.0 Å². The fraction of sp³-hybridized carbons (Fsp3) is 0.837.